The van der Waals surface area contributed by atoms with E-state index in [9.17, 15) is 4.79 Å². The number of fused-ring (bicyclic) bond motifs is 4. The van der Waals surface area contributed by atoms with Crippen molar-refractivity contribution in [1.29, 1.82) is 0 Å². The second kappa shape index (κ2) is 10.8. The second-order valence-corrected chi connectivity index (χ2v) is 12.6. The van der Waals surface area contributed by atoms with Crippen LogP contribution in [0.15, 0.2) is 73.1 Å². The van der Waals surface area contributed by atoms with E-state index >= 15 is 0 Å². The highest BCUT2D eigenvalue weighted by Gasteiger charge is 2.45. The highest BCUT2D eigenvalue weighted by atomic mass is 16.6. The summed E-state index contributed by atoms with van der Waals surface area (Å²) in [6.07, 6.45) is 9.36. The Bertz CT molecular complexity index is 1910. The van der Waals surface area contributed by atoms with Crippen molar-refractivity contribution < 1.29 is 14.3 Å². The molecule has 2 unspecified atom stereocenters. The number of carbonyl (C=O) groups is 1. The topological polar surface area (TPSA) is 96.5 Å². The van der Waals surface area contributed by atoms with Gasteiger partial charge in [-0.3, -0.25) is 19.9 Å². The van der Waals surface area contributed by atoms with Crippen molar-refractivity contribution in [2.45, 2.75) is 50.2 Å². The Morgan fingerprint density at radius 3 is 2.36 bits per heavy atom. The van der Waals surface area contributed by atoms with E-state index in [2.05, 4.69) is 56.5 Å². The van der Waals surface area contributed by atoms with Crippen molar-refractivity contribution in [2.24, 2.45) is 0 Å². The fourth-order valence-electron chi connectivity index (χ4n) is 7.85. The predicted molar refractivity (Wildman–Crippen MR) is 172 cm³/mol. The minimum absolute atomic E-state index is 0.338. The van der Waals surface area contributed by atoms with E-state index in [1.54, 1.807) is 11.1 Å². The van der Waals surface area contributed by atoms with E-state index in [1.807, 2.05) is 30.5 Å². The number of amides is 1. The number of hydrogen-bond acceptors (Lipinski definition) is 7. The van der Waals surface area contributed by atoms with Gasteiger partial charge >= 0.3 is 6.09 Å². The Balaban J connectivity index is 0.981. The van der Waals surface area contributed by atoms with Crippen LogP contribution in [0.5, 0.6) is 0 Å². The third kappa shape index (κ3) is 4.60. The van der Waals surface area contributed by atoms with Crippen LogP contribution in [0.25, 0.3) is 44.7 Å². The van der Waals surface area contributed by atoms with Crippen LogP contribution >= 0.6 is 0 Å². The largest absolute Gasteiger partial charge is 0.447 e. The summed E-state index contributed by atoms with van der Waals surface area (Å²) in [5, 5.41) is 8.76. The first kappa shape index (κ1) is 26.8. The van der Waals surface area contributed by atoms with Gasteiger partial charge in [-0.15, -0.1) is 0 Å². The van der Waals surface area contributed by atoms with Crippen molar-refractivity contribution in [3.05, 3.63) is 84.2 Å². The molecule has 3 aliphatic heterocycles. The van der Waals surface area contributed by atoms with Crippen LogP contribution in [-0.2, 0) is 22.3 Å². The molecule has 5 aromatic rings. The molecule has 9 rings (SSSR count). The fraction of sp³-hybridized carbons (Fsp3) is 0.333. The summed E-state index contributed by atoms with van der Waals surface area (Å²) in [5.74, 6) is 0. The quantitative estimate of drug-likeness (QED) is 0.247. The number of benzene rings is 2. The molecular weight excluding hydrogens is 564 g/mol. The number of nitrogens with zero attached hydrogens (tertiary/aromatic N) is 5. The SMILES string of the molecule is O=C1OCCN1c1cccnc1-c1ccc(-c2n[nH]c3ncc(-c4ccc5c(c4)CC[C@@H](N4C6COCC4C6)CC5)cc23)cc1. The number of anilines is 1. The van der Waals surface area contributed by atoms with E-state index in [-0.39, 0.29) is 6.09 Å². The zero-order valence-electron chi connectivity index (χ0n) is 25.0. The Morgan fingerprint density at radius 2 is 1.58 bits per heavy atom. The Labute approximate surface area is 261 Å². The van der Waals surface area contributed by atoms with Crippen LogP contribution in [0.3, 0.4) is 0 Å². The maximum atomic E-state index is 12.2. The lowest BCUT2D eigenvalue weighted by Crippen LogP contribution is -2.66. The molecule has 3 saturated heterocycles. The lowest BCUT2D eigenvalue weighted by molar-refractivity contribution is -0.148. The number of carbonyl (C=O) groups excluding carboxylic acids is 1. The summed E-state index contributed by atoms with van der Waals surface area (Å²) >= 11 is 0. The van der Waals surface area contributed by atoms with Gasteiger partial charge in [0.15, 0.2) is 5.65 Å². The summed E-state index contributed by atoms with van der Waals surface area (Å²) in [6.45, 7) is 2.71. The number of pyridine rings is 2. The number of morpholine rings is 1. The summed E-state index contributed by atoms with van der Waals surface area (Å²) in [4.78, 5) is 26.0. The van der Waals surface area contributed by atoms with E-state index in [1.165, 1.54) is 36.0 Å². The first-order chi connectivity index (χ1) is 22.2. The molecule has 6 heterocycles. The molecule has 3 aromatic heterocycles. The molecule has 226 valence electrons. The maximum Gasteiger partial charge on any atom is 0.414 e. The molecule has 9 heteroatoms. The van der Waals surface area contributed by atoms with Crippen LogP contribution in [0.2, 0.25) is 0 Å². The van der Waals surface area contributed by atoms with Crippen molar-refractivity contribution in [1.82, 2.24) is 25.1 Å². The highest BCUT2D eigenvalue weighted by Crippen LogP contribution is 2.38. The van der Waals surface area contributed by atoms with E-state index in [0.29, 0.717) is 31.3 Å². The van der Waals surface area contributed by atoms with Gasteiger partial charge in [0.05, 0.1) is 31.1 Å². The Hall–Kier alpha value is -4.60. The molecule has 1 amide bonds. The average molecular weight is 599 g/mol. The molecule has 2 aromatic carbocycles. The van der Waals surface area contributed by atoms with Crippen LogP contribution in [0, 0.1) is 0 Å². The van der Waals surface area contributed by atoms with Crippen LogP contribution in [0.1, 0.15) is 30.4 Å². The van der Waals surface area contributed by atoms with E-state index in [4.69, 9.17) is 14.5 Å². The monoisotopic (exact) mass is 598 g/mol. The van der Waals surface area contributed by atoms with Gasteiger partial charge in [0.2, 0.25) is 0 Å². The molecule has 0 spiro atoms. The standard InChI is InChI=1S/C36H34N6O3/c43-36-41(14-15-45-36)32-2-1-13-37-34(32)24-6-4-23(5-7-24)33-31-17-27(19-38-35(31)40-39-33)26-8-3-22-9-11-28(12-10-25(22)16-26)42-29-18-30(42)21-44-20-29/h1-8,13,16-17,19,28-30H,9-12,14-15,18,20-21H2,(H,38,39,40)/t28-,29?,30?/m0/s1. The number of rotatable bonds is 5. The third-order valence-corrected chi connectivity index (χ3v) is 10.1. The third-order valence-electron chi connectivity index (χ3n) is 10.1. The summed E-state index contributed by atoms with van der Waals surface area (Å²) in [7, 11) is 0. The molecule has 0 radical (unpaired) electrons. The van der Waals surface area contributed by atoms with Crippen molar-refractivity contribution in [3.8, 4) is 33.6 Å². The van der Waals surface area contributed by atoms with Crippen molar-refractivity contribution in [2.75, 3.05) is 31.3 Å². The lowest BCUT2D eigenvalue weighted by atomic mass is 9.87. The number of nitrogens with one attached hydrogen (secondary N) is 1. The van der Waals surface area contributed by atoms with Crippen molar-refractivity contribution >= 4 is 22.8 Å². The normalized spacial score (nSPS) is 23.0. The first-order valence-corrected chi connectivity index (χ1v) is 16.0. The highest BCUT2D eigenvalue weighted by molar-refractivity contribution is 5.95. The van der Waals surface area contributed by atoms with Crippen LogP contribution < -0.4 is 4.90 Å². The van der Waals surface area contributed by atoms with Gasteiger partial charge in [-0.2, -0.15) is 5.10 Å². The van der Waals surface area contributed by atoms with Gasteiger partial charge in [-0.25, -0.2) is 9.78 Å². The van der Waals surface area contributed by atoms with Crippen molar-refractivity contribution in [3.63, 3.8) is 0 Å². The first-order valence-electron chi connectivity index (χ1n) is 16.0. The minimum Gasteiger partial charge on any atom is -0.447 e. The number of hydrogen-bond donors (Lipinski definition) is 1. The Morgan fingerprint density at radius 1 is 0.800 bits per heavy atom. The lowest BCUT2D eigenvalue weighted by Gasteiger charge is -2.56. The predicted octanol–water partition coefficient (Wildman–Crippen LogP) is 6.03. The van der Waals surface area contributed by atoms with Crippen LogP contribution in [0.4, 0.5) is 10.5 Å². The number of aryl methyl sites for hydroxylation is 2. The molecule has 3 atom stereocenters. The molecule has 4 aliphatic rings. The van der Waals surface area contributed by atoms with Gasteiger partial charge in [-0.05, 0) is 67.0 Å². The zero-order valence-corrected chi connectivity index (χ0v) is 25.0. The summed E-state index contributed by atoms with van der Waals surface area (Å²) < 4.78 is 10.9. The molecule has 9 nitrogen and oxygen atoms in total. The molecule has 3 fully saturated rings. The van der Waals surface area contributed by atoms with Gasteiger partial charge in [0.1, 0.15) is 12.3 Å². The van der Waals surface area contributed by atoms with E-state index < -0.39 is 0 Å². The maximum absolute atomic E-state index is 12.2. The molecule has 0 saturated carbocycles. The summed E-state index contributed by atoms with van der Waals surface area (Å²) in [5.41, 5.74) is 10.3. The number of aromatic nitrogens is 4. The number of H-pyrrole nitrogens is 1. The van der Waals surface area contributed by atoms with E-state index in [0.717, 1.165) is 70.9 Å². The average Bonchev–Trinajstić information content (AvgIpc) is 3.66. The second-order valence-electron chi connectivity index (χ2n) is 12.6. The molecule has 2 bridgehead atoms. The number of aromatic amines is 1. The van der Waals surface area contributed by atoms with Gasteiger partial charge in [-0.1, -0.05) is 42.5 Å². The van der Waals surface area contributed by atoms with Gasteiger partial charge < -0.3 is 9.47 Å². The zero-order chi connectivity index (χ0) is 29.9. The van der Waals surface area contributed by atoms with Crippen LogP contribution in [-0.4, -0.2) is 75.6 Å². The smallest absolute Gasteiger partial charge is 0.414 e. The minimum atomic E-state index is -0.338. The summed E-state index contributed by atoms with van der Waals surface area (Å²) in [6, 6.07) is 23.0. The number of ether oxygens (including phenoxy) is 2. The fourth-order valence-corrected chi connectivity index (χ4v) is 7.85. The van der Waals surface area contributed by atoms with Gasteiger partial charge in [0.25, 0.3) is 0 Å². The Kier molecular flexibility index (Phi) is 6.42. The molecule has 45 heavy (non-hydrogen) atoms. The molecule has 1 N–H and O–H groups in total. The molecule has 1 aliphatic carbocycles. The molecular formula is C36H34N6O3. The van der Waals surface area contributed by atoms with Gasteiger partial charge in [0, 0.05) is 52.6 Å². The number of cyclic esters (lactones) is 1.